The van der Waals surface area contributed by atoms with Crippen LogP contribution in [0, 0.1) is 0 Å². The number of piperidine rings is 1. The maximum absolute atomic E-state index is 3.79. The summed E-state index contributed by atoms with van der Waals surface area (Å²) >= 11 is 0. The van der Waals surface area contributed by atoms with E-state index in [1.165, 1.54) is 90.5 Å². The van der Waals surface area contributed by atoms with Crippen molar-refractivity contribution in [1.82, 2.24) is 15.1 Å². The van der Waals surface area contributed by atoms with Gasteiger partial charge >= 0.3 is 0 Å². The molecule has 1 aliphatic heterocycles. The third-order valence-electron chi connectivity index (χ3n) is 5.45. The average molecular weight is 296 g/mol. The summed E-state index contributed by atoms with van der Waals surface area (Å²) in [7, 11) is 2.33. The lowest BCUT2D eigenvalue weighted by Gasteiger charge is -2.33. The number of likely N-dealkylation sites (tertiary alicyclic amines) is 1. The van der Waals surface area contributed by atoms with Gasteiger partial charge in [0, 0.05) is 12.1 Å². The van der Waals surface area contributed by atoms with Gasteiger partial charge in [0.15, 0.2) is 0 Å². The van der Waals surface area contributed by atoms with E-state index in [1.54, 1.807) is 0 Å². The molecule has 2 fully saturated rings. The first kappa shape index (κ1) is 17.2. The predicted molar refractivity (Wildman–Crippen MR) is 91.9 cm³/mol. The summed E-state index contributed by atoms with van der Waals surface area (Å²) < 4.78 is 0. The monoisotopic (exact) mass is 295 g/mol. The SMILES string of the molecule is CCCN1CCC(NCCCN(C)C2CCCCC2)CC1. The molecule has 124 valence electrons. The Morgan fingerprint density at radius 2 is 1.76 bits per heavy atom. The van der Waals surface area contributed by atoms with E-state index < -0.39 is 0 Å². The van der Waals surface area contributed by atoms with Gasteiger partial charge in [-0.1, -0.05) is 26.2 Å². The van der Waals surface area contributed by atoms with Crippen LogP contribution in [0.15, 0.2) is 0 Å². The zero-order chi connectivity index (χ0) is 14.9. The number of nitrogens with zero attached hydrogens (tertiary/aromatic N) is 2. The van der Waals surface area contributed by atoms with Crippen LogP contribution in [0.5, 0.6) is 0 Å². The molecule has 0 radical (unpaired) electrons. The Morgan fingerprint density at radius 3 is 2.43 bits per heavy atom. The van der Waals surface area contributed by atoms with Gasteiger partial charge in [-0.25, -0.2) is 0 Å². The van der Waals surface area contributed by atoms with E-state index in [9.17, 15) is 0 Å². The van der Waals surface area contributed by atoms with E-state index in [-0.39, 0.29) is 0 Å². The third-order valence-corrected chi connectivity index (χ3v) is 5.45. The summed E-state index contributed by atoms with van der Waals surface area (Å²) in [5, 5.41) is 3.79. The second-order valence-electron chi connectivity index (χ2n) is 7.20. The van der Waals surface area contributed by atoms with Crippen molar-refractivity contribution in [1.29, 1.82) is 0 Å². The molecule has 3 heteroatoms. The molecule has 1 saturated carbocycles. The average Bonchev–Trinajstić information content (AvgIpc) is 2.54. The van der Waals surface area contributed by atoms with Gasteiger partial charge in [-0.05, 0) is 78.3 Å². The molecule has 1 N–H and O–H groups in total. The molecular formula is C18H37N3. The van der Waals surface area contributed by atoms with Crippen molar-refractivity contribution in [3.8, 4) is 0 Å². The van der Waals surface area contributed by atoms with Gasteiger partial charge in [0.25, 0.3) is 0 Å². The summed E-state index contributed by atoms with van der Waals surface area (Å²) in [6.45, 7) is 8.65. The highest BCUT2D eigenvalue weighted by molar-refractivity contribution is 4.78. The highest BCUT2D eigenvalue weighted by Crippen LogP contribution is 2.21. The van der Waals surface area contributed by atoms with Gasteiger partial charge in [0.2, 0.25) is 0 Å². The van der Waals surface area contributed by atoms with Gasteiger partial charge < -0.3 is 15.1 Å². The van der Waals surface area contributed by atoms with Gasteiger partial charge in [-0.15, -0.1) is 0 Å². The molecular weight excluding hydrogens is 258 g/mol. The number of rotatable bonds is 8. The summed E-state index contributed by atoms with van der Waals surface area (Å²) in [5.74, 6) is 0. The fourth-order valence-corrected chi connectivity index (χ4v) is 4.02. The standard InChI is InChI=1S/C18H37N3/c1-3-13-21-15-10-17(11-16-21)19-12-7-14-20(2)18-8-5-4-6-9-18/h17-19H,3-16H2,1-2H3. The zero-order valence-corrected chi connectivity index (χ0v) is 14.4. The zero-order valence-electron chi connectivity index (χ0n) is 14.4. The van der Waals surface area contributed by atoms with Crippen LogP contribution in [0.1, 0.15) is 64.7 Å². The van der Waals surface area contributed by atoms with Crippen molar-refractivity contribution < 1.29 is 0 Å². The van der Waals surface area contributed by atoms with Crippen LogP contribution in [0.2, 0.25) is 0 Å². The molecule has 0 atom stereocenters. The van der Waals surface area contributed by atoms with E-state index in [2.05, 4.69) is 29.1 Å². The van der Waals surface area contributed by atoms with E-state index >= 15 is 0 Å². The molecule has 0 aromatic carbocycles. The summed E-state index contributed by atoms with van der Waals surface area (Å²) in [6, 6.07) is 1.65. The predicted octanol–water partition coefficient (Wildman–Crippen LogP) is 3.11. The lowest BCUT2D eigenvalue weighted by molar-refractivity contribution is 0.182. The lowest BCUT2D eigenvalue weighted by Crippen LogP contribution is -2.43. The normalized spacial score (nSPS) is 23.0. The Balaban J connectivity index is 1.50. The van der Waals surface area contributed by atoms with Crippen molar-refractivity contribution in [2.45, 2.75) is 76.8 Å². The molecule has 1 aliphatic carbocycles. The fourth-order valence-electron chi connectivity index (χ4n) is 4.02. The van der Waals surface area contributed by atoms with Gasteiger partial charge in [-0.3, -0.25) is 0 Å². The maximum atomic E-state index is 3.79. The van der Waals surface area contributed by atoms with E-state index in [0.29, 0.717) is 0 Å². The van der Waals surface area contributed by atoms with Crippen LogP contribution in [0.4, 0.5) is 0 Å². The molecule has 0 amide bonds. The number of hydrogen-bond donors (Lipinski definition) is 1. The molecule has 0 aromatic heterocycles. The molecule has 3 nitrogen and oxygen atoms in total. The van der Waals surface area contributed by atoms with Crippen molar-refractivity contribution in [3.05, 3.63) is 0 Å². The largest absolute Gasteiger partial charge is 0.314 e. The van der Waals surface area contributed by atoms with E-state index in [0.717, 1.165) is 12.1 Å². The Labute approximate surface area is 132 Å². The highest BCUT2D eigenvalue weighted by atomic mass is 15.1. The number of hydrogen-bond acceptors (Lipinski definition) is 3. The summed E-state index contributed by atoms with van der Waals surface area (Å²) in [5.41, 5.74) is 0. The molecule has 21 heavy (non-hydrogen) atoms. The molecule has 2 rings (SSSR count). The van der Waals surface area contributed by atoms with Crippen molar-refractivity contribution >= 4 is 0 Å². The Hall–Kier alpha value is -0.120. The quantitative estimate of drug-likeness (QED) is 0.694. The molecule has 0 bridgehead atoms. The minimum atomic E-state index is 0.776. The minimum absolute atomic E-state index is 0.776. The second kappa shape index (κ2) is 9.81. The molecule has 1 saturated heterocycles. The van der Waals surface area contributed by atoms with Crippen LogP contribution < -0.4 is 5.32 Å². The van der Waals surface area contributed by atoms with E-state index in [1.807, 2.05) is 0 Å². The molecule has 0 unspecified atom stereocenters. The Bertz CT molecular complexity index is 255. The van der Waals surface area contributed by atoms with Crippen molar-refractivity contribution in [2.75, 3.05) is 39.8 Å². The van der Waals surface area contributed by atoms with Gasteiger partial charge in [0.1, 0.15) is 0 Å². The molecule has 0 aromatic rings. The Kier molecular flexibility index (Phi) is 8.05. The maximum Gasteiger partial charge on any atom is 0.00922 e. The molecule has 1 heterocycles. The summed E-state index contributed by atoms with van der Waals surface area (Å²) in [4.78, 5) is 5.24. The van der Waals surface area contributed by atoms with Crippen molar-refractivity contribution in [3.63, 3.8) is 0 Å². The first-order valence-electron chi connectivity index (χ1n) is 9.45. The van der Waals surface area contributed by atoms with Crippen LogP contribution in [0.25, 0.3) is 0 Å². The number of nitrogens with one attached hydrogen (secondary N) is 1. The second-order valence-corrected chi connectivity index (χ2v) is 7.20. The first-order valence-corrected chi connectivity index (χ1v) is 9.45. The van der Waals surface area contributed by atoms with Crippen molar-refractivity contribution in [2.24, 2.45) is 0 Å². The Morgan fingerprint density at radius 1 is 1.05 bits per heavy atom. The minimum Gasteiger partial charge on any atom is -0.314 e. The van der Waals surface area contributed by atoms with Crippen LogP contribution >= 0.6 is 0 Å². The first-order chi connectivity index (χ1) is 10.3. The van der Waals surface area contributed by atoms with Crippen LogP contribution in [-0.4, -0.2) is 61.7 Å². The van der Waals surface area contributed by atoms with E-state index in [4.69, 9.17) is 0 Å². The fraction of sp³-hybridized carbons (Fsp3) is 1.00. The molecule has 2 aliphatic rings. The summed E-state index contributed by atoms with van der Waals surface area (Å²) in [6.07, 6.45) is 12.5. The molecule has 0 spiro atoms. The van der Waals surface area contributed by atoms with Gasteiger partial charge in [0.05, 0.1) is 0 Å². The highest BCUT2D eigenvalue weighted by Gasteiger charge is 2.19. The lowest BCUT2D eigenvalue weighted by atomic mass is 9.94. The smallest absolute Gasteiger partial charge is 0.00922 e. The van der Waals surface area contributed by atoms with Crippen LogP contribution in [0.3, 0.4) is 0 Å². The van der Waals surface area contributed by atoms with Gasteiger partial charge in [-0.2, -0.15) is 0 Å². The topological polar surface area (TPSA) is 18.5 Å². The third kappa shape index (κ3) is 6.25. The van der Waals surface area contributed by atoms with Crippen LogP contribution in [-0.2, 0) is 0 Å².